The number of carbonyl (C=O) groups is 1. The van der Waals surface area contributed by atoms with Crippen LogP contribution in [0.25, 0.3) is 0 Å². The number of alkyl carbamates (subject to hydrolysis) is 1. The van der Waals surface area contributed by atoms with Gasteiger partial charge in [0.2, 0.25) is 0 Å². The predicted molar refractivity (Wildman–Crippen MR) is 77.3 cm³/mol. The van der Waals surface area contributed by atoms with Gasteiger partial charge in [-0.05, 0) is 46.6 Å². The molecule has 0 saturated carbocycles. The van der Waals surface area contributed by atoms with Crippen molar-refractivity contribution in [3.8, 4) is 0 Å². The summed E-state index contributed by atoms with van der Waals surface area (Å²) in [5, 5.41) is 9.76. The SMILES string of the molecule is CCC(CNCC1CCCN1)NC(=O)OC(C)(C)C. The molecule has 112 valence electrons. The molecule has 3 N–H and O–H groups in total. The van der Waals surface area contributed by atoms with Gasteiger partial charge in [-0.1, -0.05) is 6.92 Å². The van der Waals surface area contributed by atoms with Crippen molar-refractivity contribution >= 4 is 6.09 Å². The lowest BCUT2D eigenvalue weighted by Gasteiger charge is -2.23. The van der Waals surface area contributed by atoms with E-state index in [0.717, 1.165) is 26.1 Å². The Balaban J connectivity index is 2.19. The van der Waals surface area contributed by atoms with Crippen molar-refractivity contribution in [3.05, 3.63) is 0 Å². The van der Waals surface area contributed by atoms with Crippen molar-refractivity contribution in [2.45, 2.75) is 64.6 Å². The number of carbonyl (C=O) groups excluding carboxylic acids is 1. The van der Waals surface area contributed by atoms with Gasteiger partial charge in [0.05, 0.1) is 0 Å². The fraction of sp³-hybridized carbons (Fsp3) is 0.929. The second kappa shape index (κ2) is 7.70. The Morgan fingerprint density at radius 1 is 1.47 bits per heavy atom. The van der Waals surface area contributed by atoms with Gasteiger partial charge in [0, 0.05) is 25.2 Å². The molecule has 0 aromatic carbocycles. The maximum Gasteiger partial charge on any atom is 0.407 e. The Labute approximate surface area is 116 Å². The normalized spacial score (nSPS) is 21.2. The van der Waals surface area contributed by atoms with Gasteiger partial charge < -0.3 is 20.7 Å². The summed E-state index contributed by atoms with van der Waals surface area (Å²) in [5.74, 6) is 0. The maximum absolute atomic E-state index is 11.7. The third kappa shape index (κ3) is 7.38. The lowest BCUT2D eigenvalue weighted by Crippen LogP contribution is -2.46. The van der Waals surface area contributed by atoms with Crippen LogP contribution < -0.4 is 16.0 Å². The molecule has 1 saturated heterocycles. The Hall–Kier alpha value is -0.810. The van der Waals surface area contributed by atoms with Crippen molar-refractivity contribution in [1.29, 1.82) is 0 Å². The van der Waals surface area contributed by atoms with Gasteiger partial charge >= 0.3 is 6.09 Å². The van der Waals surface area contributed by atoms with Crippen LogP contribution in [0.3, 0.4) is 0 Å². The molecule has 5 nitrogen and oxygen atoms in total. The van der Waals surface area contributed by atoms with Crippen molar-refractivity contribution in [2.75, 3.05) is 19.6 Å². The van der Waals surface area contributed by atoms with Crippen molar-refractivity contribution in [1.82, 2.24) is 16.0 Å². The first-order chi connectivity index (χ1) is 8.90. The monoisotopic (exact) mass is 271 g/mol. The molecule has 0 aromatic heterocycles. The highest BCUT2D eigenvalue weighted by Crippen LogP contribution is 2.07. The molecule has 1 amide bonds. The van der Waals surface area contributed by atoms with Crippen LogP contribution in [-0.2, 0) is 4.74 Å². The highest BCUT2D eigenvalue weighted by atomic mass is 16.6. The topological polar surface area (TPSA) is 62.4 Å². The highest BCUT2D eigenvalue weighted by molar-refractivity contribution is 5.68. The summed E-state index contributed by atoms with van der Waals surface area (Å²) in [6.07, 6.45) is 3.06. The van der Waals surface area contributed by atoms with E-state index in [1.54, 1.807) is 0 Å². The molecule has 2 unspecified atom stereocenters. The van der Waals surface area contributed by atoms with Crippen LogP contribution in [0.1, 0.15) is 47.0 Å². The van der Waals surface area contributed by atoms with E-state index in [0.29, 0.717) is 6.04 Å². The zero-order valence-electron chi connectivity index (χ0n) is 12.7. The summed E-state index contributed by atoms with van der Waals surface area (Å²) < 4.78 is 5.26. The van der Waals surface area contributed by atoms with Crippen LogP contribution in [0.15, 0.2) is 0 Å². The van der Waals surface area contributed by atoms with Gasteiger partial charge in [0.1, 0.15) is 5.60 Å². The molecule has 1 rings (SSSR count). The van der Waals surface area contributed by atoms with Crippen molar-refractivity contribution < 1.29 is 9.53 Å². The van der Waals surface area contributed by atoms with Crippen LogP contribution in [0, 0.1) is 0 Å². The third-order valence-corrected chi connectivity index (χ3v) is 3.16. The van der Waals surface area contributed by atoms with E-state index < -0.39 is 5.60 Å². The predicted octanol–water partition coefficient (Wildman–Crippen LogP) is 1.63. The van der Waals surface area contributed by atoms with Gasteiger partial charge in [-0.15, -0.1) is 0 Å². The zero-order valence-corrected chi connectivity index (χ0v) is 12.7. The maximum atomic E-state index is 11.7. The van der Waals surface area contributed by atoms with Gasteiger partial charge in [0.25, 0.3) is 0 Å². The van der Waals surface area contributed by atoms with Crippen LogP contribution in [-0.4, -0.2) is 43.4 Å². The number of nitrogens with one attached hydrogen (secondary N) is 3. The van der Waals surface area contributed by atoms with E-state index in [9.17, 15) is 4.79 Å². The van der Waals surface area contributed by atoms with E-state index in [-0.39, 0.29) is 12.1 Å². The van der Waals surface area contributed by atoms with Gasteiger partial charge in [-0.25, -0.2) is 4.79 Å². The van der Waals surface area contributed by atoms with Gasteiger partial charge in [-0.2, -0.15) is 0 Å². The molecule has 0 spiro atoms. The fourth-order valence-corrected chi connectivity index (χ4v) is 2.13. The van der Waals surface area contributed by atoms with E-state index >= 15 is 0 Å². The summed E-state index contributed by atoms with van der Waals surface area (Å²) in [6.45, 7) is 10.6. The van der Waals surface area contributed by atoms with E-state index in [2.05, 4.69) is 22.9 Å². The standard InChI is InChI=1S/C14H29N3O2/c1-5-11(17-13(18)19-14(2,3)4)9-15-10-12-7-6-8-16-12/h11-12,15-16H,5-10H2,1-4H3,(H,17,18). The van der Waals surface area contributed by atoms with Crippen LogP contribution in [0.4, 0.5) is 4.79 Å². The minimum atomic E-state index is -0.441. The van der Waals surface area contributed by atoms with Gasteiger partial charge in [0.15, 0.2) is 0 Å². The Kier molecular flexibility index (Phi) is 6.58. The molecule has 0 bridgehead atoms. The number of rotatable bonds is 6. The third-order valence-electron chi connectivity index (χ3n) is 3.16. The Morgan fingerprint density at radius 2 is 2.21 bits per heavy atom. The largest absolute Gasteiger partial charge is 0.444 e. The number of ether oxygens (including phenoxy) is 1. The average molecular weight is 271 g/mol. The van der Waals surface area contributed by atoms with Crippen LogP contribution in [0.2, 0.25) is 0 Å². The molecular formula is C14H29N3O2. The Bertz CT molecular complexity index is 270. The molecule has 1 fully saturated rings. The summed E-state index contributed by atoms with van der Waals surface area (Å²) in [6, 6.07) is 0.704. The smallest absolute Gasteiger partial charge is 0.407 e. The van der Waals surface area contributed by atoms with Crippen LogP contribution in [0.5, 0.6) is 0 Å². The van der Waals surface area contributed by atoms with Crippen molar-refractivity contribution in [2.24, 2.45) is 0 Å². The van der Waals surface area contributed by atoms with Crippen LogP contribution >= 0.6 is 0 Å². The molecule has 1 aliphatic rings. The second-order valence-electron chi connectivity index (χ2n) is 6.20. The summed E-state index contributed by atoms with van der Waals surface area (Å²) >= 11 is 0. The van der Waals surface area contributed by atoms with E-state index in [1.165, 1.54) is 12.8 Å². The molecule has 1 heterocycles. The minimum absolute atomic E-state index is 0.122. The zero-order chi connectivity index (χ0) is 14.3. The molecule has 2 atom stereocenters. The number of amides is 1. The number of hydrogen-bond acceptors (Lipinski definition) is 4. The molecule has 0 radical (unpaired) electrons. The average Bonchev–Trinajstić information content (AvgIpc) is 2.78. The quantitative estimate of drug-likeness (QED) is 0.687. The number of hydrogen-bond donors (Lipinski definition) is 3. The summed E-state index contributed by atoms with van der Waals surface area (Å²) in [5.41, 5.74) is -0.441. The molecular weight excluding hydrogens is 242 g/mol. The fourth-order valence-electron chi connectivity index (χ4n) is 2.13. The first kappa shape index (κ1) is 16.2. The first-order valence-corrected chi connectivity index (χ1v) is 7.34. The summed E-state index contributed by atoms with van der Waals surface area (Å²) in [4.78, 5) is 11.7. The molecule has 5 heteroatoms. The van der Waals surface area contributed by atoms with Gasteiger partial charge in [-0.3, -0.25) is 0 Å². The summed E-state index contributed by atoms with van der Waals surface area (Å²) in [7, 11) is 0. The minimum Gasteiger partial charge on any atom is -0.444 e. The second-order valence-corrected chi connectivity index (χ2v) is 6.20. The van der Waals surface area contributed by atoms with E-state index in [1.807, 2.05) is 20.8 Å². The molecule has 0 aliphatic carbocycles. The van der Waals surface area contributed by atoms with Crippen molar-refractivity contribution in [3.63, 3.8) is 0 Å². The lowest BCUT2D eigenvalue weighted by molar-refractivity contribution is 0.0502. The lowest BCUT2D eigenvalue weighted by atomic mass is 10.2. The Morgan fingerprint density at radius 3 is 2.74 bits per heavy atom. The first-order valence-electron chi connectivity index (χ1n) is 7.34. The molecule has 19 heavy (non-hydrogen) atoms. The highest BCUT2D eigenvalue weighted by Gasteiger charge is 2.19. The molecule has 0 aromatic rings. The molecule has 1 aliphatic heterocycles. The van der Waals surface area contributed by atoms with E-state index in [4.69, 9.17) is 4.74 Å².